The molecule has 0 fully saturated rings. The number of nitrogens with zero attached hydrogens (tertiary/aromatic N) is 1. The van der Waals surface area contributed by atoms with Crippen LogP contribution in [-0.4, -0.2) is 17.0 Å². The van der Waals surface area contributed by atoms with Gasteiger partial charge in [0.1, 0.15) is 5.82 Å². The average Bonchev–Trinajstić information content (AvgIpc) is 2.21. The lowest BCUT2D eigenvalue weighted by Gasteiger charge is -2.09. The molecule has 1 rings (SSSR count). The van der Waals surface area contributed by atoms with E-state index in [0.29, 0.717) is 16.9 Å². The molecule has 0 aliphatic carbocycles. The van der Waals surface area contributed by atoms with E-state index in [0.717, 1.165) is 0 Å². The fourth-order valence-electron chi connectivity index (χ4n) is 1.12. The van der Waals surface area contributed by atoms with Crippen molar-refractivity contribution in [2.75, 3.05) is 6.61 Å². The Morgan fingerprint density at radius 2 is 2.33 bits per heavy atom. The zero-order valence-corrected chi connectivity index (χ0v) is 9.22. The van der Waals surface area contributed by atoms with Crippen molar-refractivity contribution in [2.24, 2.45) is 0 Å². The van der Waals surface area contributed by atoms with Crippen molar-refractivity contribution < 1.29 is 9.50 Å². The van der Waals surface area contributed by atoms with Crippen molar-refractivity contribution in [1.29, 1.82) is 5.26 Å². The van der Waals surface area contributed by atoms with Crippen molar-refractivity contribution in [1.82, 2.24) is 0 Å². The maximum Gasteiger partial charge on any atom is 0.138 e. The van der Waals surface area contributed by atoms with Gasteiger partial charge in [-0.25, -0.2) is 4.39 Å². The molecule has 0 amide bonds. The second-order valence-electron chi connectivity index (χ2n) is 3.20. The maximum atomic E-state index is 13.4. The number of hydrogen-bond donors (Lipinski definition) is 1. The third kappa shape index (κ3) is 3.54. The average molecular weight is 225 g/mol. The Hall–Kier alpha value is -1.05. The highest BCUT2D eigenvalue weighted by Crippen LogP contribution is 2.27. The molecule has 0 aliphatic heterocycles. The normalized spacial score (nSPS) is 12.1. The van der Waals surface area contributed by atoms with Gasteiger partial charge < -0.3 is 5.11 Å². The van der Waals surface area contributed by atoms with E-state index in [1.54, 1.807) is 12.1 Å². The predicted molar refractivity (Wildman–Crippen MR) is 58.1 cm³/mol. The Balaban J connectivity index is 2.74. The monoisotopic (exact) mass is 225 g/mol. The lowest BCUT2D eigenvalue weighted by Crippen LogP contribution is -1.99. The van der Waals surface area contributed by atoms with Crippen molar-refractivity contribution in [3.8, 4) is 6.07 Å². The molecule has 1 atom stereocenters. The van der Waals surface area contributed by atoms with E-state index in [9.17, 15) is 4.39 Å². The zero-order chi connectivity index (χ0) is 11.3. The van der Waals surface area contributed by atoms with Crippen LogP contribution in [0.15, 0.2) is 23.1 Å². The topological polar surface area (TPSA) is 44.0 Å². The number of benzene rings is 1. The van der Waals surface area contributed by atoms with Crippen molar-refractivity contribution in [2.45, 2.75) is 23.5 Å². The molecular weight excluding hydrogens is 213 g/mol. The van der Waals surface area contributed by atoms with Gasteiger partial charge >= 0.3 is 0 Å². The van der Waals surface area contributed by atoms with Gasteiger partial charge in [0.2, 0.25) is 0 Å². The summed E-state index contributed by atoms with van der Waals surface area (Å²) in [6, 6.07) is 6.31. The van der Waals surface area contributed by atoms with Crippen LogP contribution in [0.5, 0.6) is 0 Å². The lowest BCUT2D eigenvalue weighted by atomic mass is 10.2. The van der Waals surface area contributed by atoms with Crippen LogP contribution in [0.2, 0.25) is 0 Å². The number of aliphatic hydroxyl groups is 1. The summed E-state index contributed by atoms with van der Waals surface area (Å²) in [7, 11) is 0. The van der Waals surface area contributed by atoms with Crippen molar-refractivity contribution >= 4 is 11.8 Å². The van der Waals surface area contributed by atoms with Gasteiger partial charge in [-0.2, -0.15) is 5.26 Å². The van der Waals surface area contributed by atoms with Gasteiger partial charge in [-0.3, -0.25) is 0 Å². The second kappa shape index (κ2) is 5.74. The van der Waals surface area contributed by atoms with Gasteiger partial charge in [0.25, 0.3) is 0 Å². The summed E-state index contributed by atoms with van der Waals surface area (Å²) in [5.41, 5.74) is 0.326. The Labute approximate surface area is 92.7 Å². The Kier molecular flexibility index (Phi) is 4.60. The fraction of sp³-hybridized carbons (Fsp3) is 0.364. The van der Waals surface area contributed by atoms with Crippen LogP contribution in [0.25, 0.3) is 0 Å². The van der Waals surface area contributed by atoms with E-state index < -0.39 is 0 Å². The van der Waals surface area contributed by atoms with Crippen molar-refractivity contribution in [3.63, 3.8) is 0 Å². The molecule has 2 nitrogen and oxygen atoms in total. The fourth-order valence-corrected chi connectivity index (χ4v) is 2.10. The van der Waals surface area contributed by atoms with Crippen LogP contribution in [0, 0.1) is 17.1 Å². The van der Waals surface area contributed by atoms with E-state index in [2.05, 4.69) is 0 Å². The summed E-state index contributed by atoms with van der Waals surface area (Å²) in [4.78, 5) is 0.523. The number of halogens is 1. The molecule has 80 valence electrons. The number of rotatable bonds is 4. The molecule has 0 saturated heterocycles. The van der Waals surface area contributed by atoms with E-state index in [4.69, 9.17) is 10.4 Å². The third-order valence-corrected chi connectivity index (χ3v) is 3.15. The highest BCUT2D eigenvalue weighted by molar-refractivity contribution is 7.99. The molecule has 0 spiro atoms. The number of hydrogen-bond acceptors (Lipinski definition) is 3. The predicted octanol–water partition coefficient (Wildman–Crippen LogP) is 2.56. The summed E-state index contributed by atoms with van der Waals surface area (Å²) in [5.74, 6) is -0.371. The van der Waals surface area contributed by atoms with Gasteiger partial charge in [-0.15, -0.1) is 11.8 Å². The Bertz CT molecular complexity index is 375. The largest absolute Gasteiger partial charge is 0.396 e. The molecule has 1 aromatic rings. The van der Waals surface area contributed by atoms with E-state index >= 15 is 0 Å². The molecule has 0 aliphatic rings. The first kappa shape index (κ1) is 12.0. The van der Waals surface area contributed by atoms with Gasteiger partial charge in [0.05, 0.1) is 11.6 Å². The SMILES string of the molecule is CC(CCO)Sc1ccc(C#N)cc1F. The molecule has 4 heteroatoms. The molecule has 0 radical (unpaired) electrons. The minimum absolute atomic E-state index is 0.103. The van der Waals surface area contributed by atoms with E-state index in [1.807, 2.05) is 13.0 Å². The molecule has 0 aromatic heterocycles. The molecule has 0 bridgehead atoms. The van der Waals surface area contributed by atoms with Gasteiger partial charge in [0, 0.05) is 16.8 Å². The highest BCUT2D eigenvalue weighted by atomic mass is 32.2. The standard InChI is InChI=1S/C11H12FNOS/c1-8(4-5-14)15-11-3-2-9(7-13)6-10(11)12/h2-3,6,8,14H,4-5H2,1H3. The van der Waals surface area contributed by atoms with Gasteiger partial charge in [0.15, 0.2) is 0 Å². The number of nitriles is 1. The lowest BCUT2D eigenvalue weighted by molar-refractivity contribution is 0.289. The molecule has 1 N–H and O–H groups in total. The van der Waals surface area contributed by atoms with Crippen LogP contribution in [0.4, 0.5) is 4.39 Å². The first-order valence-electron chi connectivity index (χ1n) is 4.64. The van der Waals surface area contributed by atoms with Gasteiger partial charge in [-0.05, 0) is 24.6 Å². The highest BCUT2D eigenvalue weighted by Gasteiger charge is 2.08. The first-order chi connectivity index (χ1) is 7.17. The Morgan fingerprint density at radius 3 is 2.87 bits per heavy atom. The molecule has 0 heterocycles. The maximum absolute atomic E-state index is 13.4. The molecular formula is C11H12FNOS. The summed E-state index contributed by atoms with van der Waals surface area (Å²) in [6.45, 7) is 2.03. The molecule has 1 unspecified atom stereocenters. The molecule has 1 aromatic carbocycles. The number of thioether (sulfide) groups is 1. The zero-order valence-electron chi connectivity index (χ0n) is 8.40. The van der Waals surface area contributed by atoms with Crippen LogP contribution in [0.1, 0.15) is 18.9 Å². The van der Waals surface area contributed by atoms with E-state index in [1.165, 1.54) is 17.8 Å². The first-order valence-corrected chi connectivity index (χ1v) is 5.52. The summed E-state index contributed by atoms with van der Waals surface area (Å²) < 4.78 is 13.4. The minimum atomic E-state index is -0.371. The number of aliphatic hydroxyl groups excluding tert-OH is 1. The van der Waals surface area contributed by atoms with Crippen molar-refractivity contribution in [3.05, 3.63) is 29.6 Å². The van der Waals surface area contributed by atoms with Crippen LogP contribution >= 0.6 is 11.8 Å². The minimum Gasteiger partial charge on any atom is -0.396 e. The quantitative estimate of drug-likeness (QED) is 0.801. The van der Waals surface area contributed by atoms with Crippen LogP contribution < -0.4 is 0 Å². The summed E-state index contributed by atoms with van der Waals surface area (Å²) >= 11 is 1.37. The van der Waals surface area contributed by atoms with Gasteiger partial charge in [-0.1, -0.05) is 6.92 Å². The van der Waals surface area contributed by atoms with Crippen LogP contribution in [-0.2, 0) is 0 Å². The second-order valence-corrected chi connectivity index (χ2v) is 4.68. The summed E-state index contributed by atoms with van der Waals surface area (Å²) in [5, 5.41) is 17.4. The van der Waals surface area contributed by atoms with Crippen LogP contribution in [0.3, 0.4) is 0 Å². The molecule has 0 saturated carbocycles. The third-order valence-electron chi connectivity index (χ3n) is 1.92. The summed E-state index contributed by atoms with van der Waals surface area (Å²) in [6.07, 6.45) is 0.629. The molecule has 15 heavy (non-hydrogen) atoms. The smallest absolute Gasteiger partial charge is 0.138 e. The Morgan fingerprint density at radius 1 is 1.60 bits per heavy atom. The van der Waals surface area contributed by atoms with E-state index in [-0.39, 0.29) is 17.7 Å².